The van der Waals surface area contributed by atoms with Crippen molar-refractivity contribution >= 4 is 45.9 Å². The van der Waals surface area contributed by atoms with Crippen molar-refractivity contribution in [1.29, 1.82) is 0 Å². The zero-order valence-corrected chi connectivity index (χ0v) is 12.4. The van der Waals surface area contributed by atoms with Gasteiger partial charge in [-0.15, -0.1) is 11.3 Å². The fourth-order valence-electron chi connectivity index (χ4n) is 1.64. The van der Waals surface area contributed by atoms with Crippen LogP contribution in [-0.2, 0) is 0 Å². The summed E-state index contributed by atoms with van der Waals surface area (Å²) in [5, 5.41) is 13.9. The third-order valence-corrected chi connectivity index (χ3v) is 5.84. The summed E-state index contributed by atoms with van der Waals surface area (Å²) in [5.74, 6) is 0. The van der Waals surface area contributed by atoms with Crippen LogP contribution in [0.25, 0.3) is 0 Å². The van der Waals surface area contributed by atoms with Crippen LogP contribution >= 0.6 is 35.3 Å². The van der Waals surface area contributed by atoms with E-state index in [1.54, 1.807) is 17.6 Å². The highest BCUT2D eigenvalue weighted by Gasteiger charge is 2.48. The number of hydrogen-bond acceptors (Lipinski definition) is 4. The summed E-state index contributed by atoms with van der Waals surface area (Å²) >= 11 is 8.26. The molecule has 0 aromatic carbocycles. The standard InChI is InChI=1S/C11H14N2OS3/c1-11(2)9(17-10(15)12(11)3)13(14)7-8-5-4-6-16-8/h4-7,9H,1-3H3/t9-/m1/s1. The molecule has 92 valence electrons. The summed E-state index contributed by atoms with van der Waals surface area (Å²) < 4.78 is 1.80. The Labute approximate surface area is 115 Å². The lowest BCUT2D eigenvalue weighted by Crippen LogP contribution is -2.46. The highest BCUT2D eigenvalue weighted by atomic mass is 32.2. The molecule has 1 aliphatic heterocycles. The SMILES string of the molecule is CN1C(=S)S[C@@H]([N+]([O-])=Cc2cccs2)C1(C)C. The van der Waals surface area contributed by atoms with Gasteiger partial charge in [0.1, 0.15) is 9.86 Å². The first kappa shape index (κ1) is 12.9. The number of rotatable bonds is 2. The van der Waals surface area contributed by atoms with Gasteiger partial charge in [-0.2, -0.15) is 4.74 Å². The summed E-state index contributed by atoms with van der Waals surface area (Å²) in [6.07, 6.45) is 1.64. The van der Waals surface area contributed by atoms with Gasteiger partial charge in [-0.1, -0.05) is 18.3 Å². The van der Waals surface area contributed by atoms with Crippen LogP contribution in [0.2, 0.25) is 0 Å². The Balaban J connectivity index is 2.27. The second-order valence-corrected chi connectivity index (χ2v) is 7.15. The summed E-state index contributed by atoms with van der Waals surface area (Å²) in [6, 6.07) is 3.87. The largest absolute Gasteiger partial charge is 0.623 e. The molecule has 0 unspecified atom stereocenters. The van der Waals surface area contributed by atoms with Crippen molar-refractivity contribution in [3.05, 3.63) is 27.6 Å². The molecule has 1 fully saturated rings. The quantitative estimate of drug-likeness (QED) is 0.275. The van der Waals surface area contributed by atoms with E-state index in [1.165, 1.54) is 11.8 Å². The molecule has 0 radical (unpaired) electrons. The average molecular weight is 286 g/mol. The maximum absolute atomic E-state index is 12.2. The van der Waals surface area contributed by atoms with Crippen LogP contribution in [0.1, 0.15) is 18.7 Å². The Kier molecular flexibility index (Phi) is 3.47. The van der Waals surface area contributed by atoms with Crippen LogP contribution in [-0.4, -0.2) is 38.1 Å². The lowest BCUT2D eigenvalue weighted by atomic mass is 10.0. The lowest BCUT2D eigenvalue weighted by molar-refractivity contribution is -0.480. The van der Waals surface area contributed by atoms with Gasteiger partial charge in [0.05, 0.1) is 4.88 Å². The molecule has 1 atom stereocenters. The fourth-order valence-corrected chi connectivity index (χ4v) is 3.98. The fraction of sp³-hybridized carbons (Fsp3) is 0.455. The molecule has 2 heterocycles. The molecule has 1 saturated heterocycles. The molecule has 0 aliphatic carbocycles. The normalized spacial score (nSPS) is 24.4. The van der Waals surface area contributed by atoms with Crippen LogP contribution in [0.3, 0.4) is 0 Å². The van der Waals surface area contributed by atoms with Gasteiger partial charge in [-0.3, -0.25) is 0 Å². The number of thiophene rings is 1. The van der Waals surface area contributed by atoms with Crippen molar-refractivity contribution < 1.29 is 4.74 Å². The number of hydroxylamine groups is 1. The van der Waals surface area contributed by atoms with E-state index in [2.05, 4.69) is 0 Å². The molecule has 0 spiro atoms. The molecule has 0 amide bonds. The van der Waals surface area contributed by atoms with E-state index in [-0.39, 0.29) is 10.9 Å². The first-order valence-corrected chi connectivity index (χ1v) is 7.38. The minimum Gasteiger partial charge on any atom is -0.623 e. The van der Waals surface area contributed by atoms with Crippen LogP contribution < -0.4 is 0 Å². The molecule has 1 aromatic heterocycles. The minimum absolute atomic E-state index is 0.193. The average Bonchev–Trinajstić information content (AvgIpc) is 2.82. The molecular weight excluding hydrogens is 272 g/mol. The number of thiocarbonyl (C=S) groups is 1. The number of thioether (sulfide) groups is 1. The zero-order valence-electron chi connectivity index (χ0n) is 9.91. The van der Waals surface area contributed by atoms with E-state index in [9.17, 15) is 5.21 Å². The van der Waals surface area contributed by atoms with Crippen LogP contribution in [0, 0.1) is 5.21 Å². The van der Waals surface area contributed by atoms with Crippen molar-refractivity contribution in [1.82, 2.24) is 4.90 Å². The van der Waals surface area contributed by atoms with Gasteiger partial charge in [0.2, 0.25) is 5.37 Å². The molecule has 1 aromatic rings. The molecule has 0 saturated carbocycles. The van der Waals surface area contributed by atoms with Gasteiger partial charge >= 0.3 is 0 Å². The van der Waals surface area contributed by atoms with Crippen LogP contribution in [0.5, 0.6) is 0 Å². The van der Waals surface area contributed by atoms with Crippen LogP contribution in [0.15, 0.2) is 17.5 Å². The van der Waals surface area contributed by atoms with Crippen molar-refractivity contribution in [2.24, 2.45) is 0 Å². The van der Waals surface area contributed by atoms with E-state index in [4.69, 9.17) is 12.2 Å². The van der Waals surface area contributed by atoms with Gasteiger partial charge in [0.25, 0.3) is 0 Å². The van der Waals surface area contributed by atoms with Gasteiger partial charge in [0, 0.05) is 7.05 Å². The van der Waals surface area contributed by atoms with E-state index < -0.39 is 0 Å². The maximum Gasteiger partial charge on any atom is 0.238 e. The van der Waals surface area contributed by atoms with Gasteiger partial charge in [0.15, 0.2) is 6.21 Å². The number of likely N-dealkylation sites (N-methyl/N-ethyl adjacent to an activating group) is 1. The summed E-state index contributed by atoms with van der Waals surface area (Å²) in [6.45, 7) is 4.08. The summed E-state index contributed by atoms with van der Waals surface area (Å²) in [4.78, 5) is 2.96. The minimum atomic E-state index is -0.253. The highest BCUT2D eigenvalue weighted by molar-refractivity contribution is 8.23. The molecule has 0 bridgehead atoms. The monoisotopic (exact) mass is 286 g/mol. The van der Waals surface area contributed by atoms with Crippen molar-refractivity contribution in [3.8, 4) is 0 Å². The first-order valence-electron chi connectivity index (χ1n) is 5.21. The molecule has 0 N–H and O–H groups in total. The number of hydrogen-bond donors (Lipinski definition) is 0. The Morgan fingerprint density at radius 1 is 1.59 bits per heavy atom. The Morgan fingerprint density at radius 2 is 2.29 bits per heavy atom. The van der Waals surface area contributed by atoms with Gasteiger partial charge in [-0.25, -0.2) is 0 Å². The second-order valence-electron chi connectivity index (χ2n) is 4.45. The zero-order chi connectivity index (χ0) is 12.6. The molecular formula is C11H14N2OS3. The second kappa shape index (κ2) is 4.59. The Hall–Kier alpha value is -0.590. The predicted molar refractivity (Wildman–Crippen MR) is 78.9 cm³/mol. The van der Waals surface area contributed by atoms with E-state index in [1.807, 2.05) is 43.3 Å². The summed E-state index contributed by atoms with van der Waals surface area (Å²) in [5.41, 5.74) is -0.253. The molecule has 2 rings (SSSR count). The summed E-state index contributed by atoms with van der Waals surface area (Å²) in [7, 11) is 1.94. The highest BCUT2D eigenvalue weighted by Crippen LogP contribution is 2.38. The van der Waals surface area contributed by atoms with Crippen molar-refractivity contribution in [2.75, 3.05) is 7.05 Å². The number of nitrogens with zero attached hydrogens (tertiary/aromatic N) is 2. The third-order valence-electron chi connectivity index (χ3n) is 2.98. The van der Waals surface area contributed by atoms with Gasteiger partial charge in [-0.05, 0) is 37.1 Å². The molecule has 1 aliphatic rings. The molecule has 3 nitrogen and oxygen atoms in total. The first-order chi connectivity index (χ1) is 7.93. The lowest BCUT2D eigenvalue weighted by Gasteiger charge is -2.30. The Bertz CT molecular complexity index is 453. The predicted octanol–water partition coefficient (Wildman–Crippen LogP) is 2.75. The van der Waals surface area contributed by atoms with E-state index in [0.29, 0.717) is 0 Å². The maximum atomic E-state index is 12.2. The third kappa shape index (κ3) is 2.34. The van der Waals surface area contributed by atoms with Crippen molar-refractivity contribution in [3.63, 3.8) is 0 Å². The topological polar surface area (TPSA) is 29.3 Å². The van der Waals surface area contributed by atoms with Gasteiger partial charge < -0.3 is 10.1 Å². The van der Waals surface area contributed by atoms with Crippen molar-refractivity contribution in [2.45, 2.75) is 24.8 Å². The van der Waals surface area contributed by atoms with Crippen LogP contribution in [0.4, 0.5) is 0 Å². The smallest absolute Gasteiger partial charge is 0.238 e. The molecule has 17 heavy (non-hydrogen) atoms. The Morgan fingerprint density at radius 3 is 2.76 bits per heavy atom. The van der Waals surface area contributed by atoms with E-state index in [0.717, 1.165) is 13.9 Å². The van der Waals surface area contributed by atoms with E-state index >= 15 is 0 Å². The molecule has 6 heteroatoms.